The molecule has 0 atom stereocenters. The van der Waals surface area contributed by atoms with Crippen LogP contribution in [0.2, 0.25) is 0 Å². The number of aryl methyl sites for hydroxylation is 1. The van der Waals surface area contributed by atoms with E-state index in [4.69, 9.17) is 14.2 Å². The van der Waals surface area contributed by atoms with Crippen LogP contribution in [-0.4, -0.2) is 31.9 Å². The van der Waals surface area contributed by atoms with Gasteiger partial charge in [-0.25, -0.2) is 0 Å². The van der Waals surface area contributed by atoms with Crippen LogP contribution in [0.3, 0.4) is 0 Å². The Balaban J connectivity index is 1.83. The Morgan fingerprint density at radius 3 is 2.17 bits per heavy atom. The van der Waals surface area contributed by atoms with Gasteiger partial charge in [0.1, 0.15) is 0 Å². The van der Waals surface area contributed by atoms with E-state index in [0.29, 0.717) is 30.9 Å². The molecule has 5 heteroatoms. The van der Waals surface area contributed by atoms with Crippen molar-refractivity contribution in [1.29, 1.82) is 0 Å². The Kier molecular flexibility index (Phi) is 6.49. The van der Waals surface area contributed by atoms with Crippen LogP contribution < -0.4 is 9.47 Å². The van der Waals surface area contributed by atoms with Crippen LogP contribution in [-0.2, 0) is 22.4 Å². The van der Waals surface area contributed by atoms with Gasteiger partial charge in [-0.05, 0) is 29.7 Å². The van der Waals surface area contributed by atoms with Crippen molar-refractivity contribution in [3.05, 3.63) is 53.6 Å². The number of carbonyl (C=O) groups is 1. The lowest BCUT2D eigenvalue weighted by Gasteiger charge is -2.11. The van der Waals surface area contributed by atoms with Gasteiger partial charge < -0.3 is 19.3 Å². The van der Waals surface area contributed by atoms with E-state index in [0.717, 1.165) is 11.1 Å². The van der Waals surface area contributed by atoms with Crippen molar-refractivity contribution < 1.29 is 24.1 Å². The minimum Gasteiger partial charge on any atom is -0.502 e. The fourth-order valence-electron chi connectivity index (χ4n) is 2.34. The van der Waals surface area contributed by atoms with Crippen LogP contribution in [0.1, 0.15) is 17.5 Å². The van der Waals surface area contributed by atoms with Crippen molar-refractivity contribution in [2.45, 2.75) is 19.3 Å². The molecule has 0 bridgehead atoms. The standard InChI is InChI=1S/C19H22O5/c1-22-16-12-15(13-17(23-2)19(16)21)8-9-18(20)24-11-10-14-6-4-3-5-7-14/h3-7,12-13,21H,8-11H2,1-2H3. The zero-order chi connectivity index (χ0) is 17.4. The largest absolute Gasteiger partial charge is 0.502 e. The van der Waals surface area contributed by atoms with Gasteiger partial charge in [-0.1, -0.05) is 30.3 Å². The van der Waals surface area contributed by atoms with Gasteiger partial charge in [0.05, 0.1) is 20.8 Å². The second-order valence-corrected chi connectivity index (χ2v) is 5.31. The molecule has 0 aliphatic heterocycles. The first-order chi connectivity index (χ1) is 11.6. The lowest BCUT2D eigenvalue weighted by Crippen LogP contribution is -2.08. The zero-order valence-electron chi connectivity index (χ0n) is 14.0. The number of methoxy groups -OCH3 is 2. The summed E-state index contributed by atoms with van der Waals surface area (Å²) in [6.45, 7) is 0.366. The first-order valence-corrected chi connectivity index (χ1v) is 7.77. The molecule has 0 aliphatic rings. The van der Waals surface area contributed by atoms with Gasteiger partial charge in [0.2, 0.25) is 5.75 Å². The molecular weight excluding hydrogens is 308 g/mol. The van der Waals surface area contributed by atoms with Gasteiger partial charge in [-0.2, -0.15) is 0 Å². The van der Waals surface area contributed by atoms with Crippen molar-refractivity contribution in [3.8, 4) is 17.2 Å². The second kappa shape index (κ2) is 8.82. The highest BCUT2D eigenvalue weighted by atomic mass is 16.5. The molecule has 0 unspecified atom stereocenters. The number of ether oxygens (including phenoxy) is 3. The summed E-state index contributed by atoms with van der Waals surface area (Å²) in [5.74, 6) is 0.342. The average molecular weight is 330 g/mol. The number of esters is 1. The summed E-state index contributed by atoms with van der Waals surface area (Å²) in [6.07, 6.45) is 1.44. The van der Waals surface area contributed by atoms with Gasteiger partial charge in [0.25, 0.3) is 0 Å². The predicted molar refractivity (Wildman–Crippen MR) is 90.6 cm³/mol. The molecule has 2 aromatic rings. The number of rotatable bonds is 8. The summed E-state index contributed by atoms with van der Waals surface area (Å²) < 4.78 is 15.5. The number of benzene rings is 2. The minimum absolute atomic E-state index is 0.0470. The molecule has 0 aliphatic carbocycles. The monoisotopic (exact) mass is 330 g/mol. The topological polar surface area (TPSA) is 65.0 Å². The molecule has 0 heterocycles. The van der Waals surface area contributed by atoms with E-state index >= 15 is 0 Å². The van der Waals surface area contributed by atoms with Crippen LogP contribution in [0, 0.1) is 0 Å². The molecule has 1 N–H and O–H groups in total. The molecule has 0 saturated carbocycles. The maximum atomic E-state index is 11.8. The summed E-state index contributed by atoms with van der Waals surface area (Å²) in [5, 5.41) is 9.87. The van der Waals surface area contributed by atoms with Crippen molar-refractivity contribution >= 4 is 5.97 Å². The Bertz CT molecular complexity index is 642. The van der Waals surface area contributed by atoms with Crippen molar-refractivity contribution in [2.75, 3.05) is 20.8 Å². The van der Waals surface area contributed by atoms with Crippen molar-refractivity contribution in [3.63, 3.8) is 0 Å². The van der Waals surface area contributed by atoms with E-state index in [1.54, 1.807) is 12.1 Å². The Hall–Kier alpha value is -2.69. The van der Waals surface area contributed by atoms with Gasteiger partial charge in [0.15, 0.2) is 11.5 Å². The number of carbonyl (C=O) groups excluding carboxylic acids is 1. The van der Waals surface area contributed by atoms with E-state index in [1.165, 1.54) is 14.2 Å². The number of phenols is 1. The second-order valence-electron chi connectivity index (χ2n) is 5.31. The quantitative estimate of drug-likeness (QED) is 0.753. The summed E-state index contributed by atoms with van der Waals surface area (Å²) in [6, 6.07) is 13.3. The summed E-state index contributed by atoms with van der Waals surface area (Å²) in [4.78, 5) is 11.8. The van der Waals surface area contributed by atoms with Crippen molar-refractivity contribution in [2.24, 2.45) is 0 Å². The molecule has 0 fully saturated rings. The van der Waals surface area contributed by atoms with Crippen LogP contribution in [0.4, 0.5) is 0 Å². The highest BCUT2D eigenvalue weighted by Crippen LogP contribution is 2.37. The highest BCUT2D eigenvalue weighted by molar-refractivity contribution is 5.70. The van der Waals surface area contributed by atoms with Gasteiger partial charge in [0, 0.05) is 12.8 Å². The third-order valence-corrected chi connectivity index (χ3v) is 3.65. The molecule has 0 spiro atoms. The lowest BCUT2D eigenvalue weighted by molar-refractivity contribution is -0.143. The number of hydrogen-bond donors (Lipinski definition) is 1. The summed E-state index contributed by atoms with van der Waals surface area (Å²) in [7, 11) is 2.94. The fraction of sp³-hybridized carbons (Fsp3) is 0.316. The SMILES string of the molecule is COc1cc(CCC(=O)OCCc2ccccc2)cc(OC)c1O. The first-order valence-electron chi connectivity index (χ1n) is 7.77. The van der Waals surface area contributed by atoms with E-state index in [9.17, 15) is 9.90 Å². The number of hydrogen-bond acceptors (Lipinski definition) is 5. The maximum absolute atomic E-state index is 11.8. The molecule has 2 aromatic carbocycles. The zero-order valence-corrected chi connectivity index (χ0v) is 14.0. The van der Waals surface area contributed by atoms with Crippen LogP contribution >= 0.6 is 0 Å². The van der Waals surface area contributed by atoms with Gasteiger partial charge in [-0.3, -0.25) is 4.79 Å². The Labute approximate surface area is 141 Å². The molecule has 0 amide bonds. The van der Waals surface area contributed by atoms with Crippen molar-refractivity contribution in [1.82, 2.24) is 0 Å². The molecule has 2 rings (SSSR count). The minimum atomic E-state index is -0.253. The first kappa shape index (κ1) is 17.7. The molecule has 0 aromatic heterocycles. The number of phenolic OH excluding ortho intramolecular Hbond substituents is 1. The smallest absolute Gasteiger partial charge is 0.306 e. The lowest BCUT2D eigenvalue weighted by atomic mass is 10.1. The Morgan fingerprint density at radius 1 is 0.958 bits per heavy atom. The molecule has 5 nitrogen and oxygen atoms in total. The van der Waals surface area contributed by atoms with Gasteiger partial charge >= 0.3 is 5.97 Å². The highest BCUT2D eigenvalue weighted by Gasteiger charge is 2.12. The van der Waals surface area contributed by atoms with E-state index < -0.39 is 0 Å². The molecule has 0 radical (unpaired) electrons. The van der Waals surface area contributed by atoms with Gasteiger partial charge in [-0.15, -0.1) is 0 Å². The third-order valence-electron chi connectivity index (χ3n) is 3.65. The fourth-order valence-corrected chi connectivity index (χ4v) is 2.34. The van der Waals surface area contributed by atoms with E-state index in [1.807, 2.05) is 30.3 Å². The van der Waals surface area contributed by atoms with Crippen LogP contribution in [0.15, 0.2) is 42.5 Å². The summed E-state index contributed by atoms with van der Waals surface area (Å²) >= 11 is 0. The normalized spacial score (nSPS) is 10.2. The van der Waals surface area contributed by atoms with Crippen LogP contribution in [0.25, 0.3) is 0 Å². The van der Waals surface area contributed by atoms with Crippen LogP contribution in [0.5, 0.6) is 17.2 Å². The van der Waals surface area contributed by atoms with E-state index in [-0.39, 0.29) is 18.1 Å². The average Bonchev–Trinajstić information content (AvgIpc) is 2.61. The molecule has 24 heavy (non-hydrogen) atoms. The summed E-state index contributed by atoms with van der Waals surface area (Å²) in [5.41, 5.74) is 1.97. The predicted octanol–water partition coefficient (Wildman–Crippen LogP) is 3.13. The molecule has 0 saturated heterocycles. The maximum Gasteiger partial charge on any atom is 0.306 e. The Morgan fingerprint density at radius 2 is 1.58 bits per heavy atom. The molecule has 128 valence electrons. The van der Waals surface area contributed by atoms with E-state index in [2.05, 4.69) is 0 Å². The molecular formula is C19H22O5. The number of aromatic hydroxyl groups is 1. The third kappa shape index (κ3) is 4.91.